The quantitative estimate of drug-likeness (QED) is 0.534. The first-order chi connectivity index (χ1) is 14.4. The molecule has 1 unspecified atom stereocenters. The molecule has 1 aromatic heterocycles. The van der Waals surface area contributed by atoms with Crippen LogP contribution in [-0.4, -0.2) is 44.3 Å². The van der Waals surface area contributed by atoms with Crippen LogP contribution < -0.4 is 4.90 Å². The largest absolute Gasteiger partial charge is 0.376 e. The van der Waals surface area contributed by atoms with E-state index in [9.17, 15) is 13.2 Å². The van der Waals surface area contributed by atoms with Crippen molar-refractivity contribution in [1.29, 1.82) is 0 Å². The van der Waals surface area contributed by atoms with Gasteiger partial charge in [0.15, 0.2) is 15.0 Å². The fourth-order valence-corrected chi connectivity index (χ4v) is 5.79. The molecule has 1 fully saturated rings. The zero-order chi connectivity index (χ0) is 21.3. The Morgan fingerprint density at radius 2 is 2.10 bits per heavy atom. The van der Waals surface area contributed by atoms with Gasteiger partial charge in [-0.25, -0.2) is 13.4 Å². The predicted molar refractivity (Wildman–Crippen MR) is 119 cm³/mol. The van der Waals surface area contributed by atoms with Crippen LogP contribution in [0.1, 0.15) is 30.1 Å². The lowest BCUT2D eigenvalue weighted by atomic mass is 10.1. The number of nitrogens with zero attached hydrogens (tertiary/aromatic N) is 2. The second kappa shape index (κ2) is 8.63. The lowest BCUT2D eigenvalue weighted by molar-refractivity contribution is 0.0915. The summed E-state index contributed by atoms with van der Waals surface area (Å²) in [6, 6.07) is 11.7. The van der Waals surface area contributed by atoms with Crippen LogP contribution in [0.3, 0.4) is 0 Å². The van der Waals surface area contributed by atoms with Gasteiger partial charge in [-0.3, -0.25) is 9.69 Å². The van der Waals surface area contributed by atoms with Crippen LogP contribution in [0.5, 0.6) is 0 Å². The summed E-state index contributed by atoms with van der Waals surface area (Å²) in [7, 11) is -3.56. The van der Waals surface area contributed by atoms with Crippen molar-refractivity contribution < 1.29 is 17.9 Å². The molecule has 9 heteroatoms. The molecule has 158 valence electrons. The molecule has 2 aromatic carbocycles. The molecule has 2 heterocycles. The molecule has 0 aliphatic carbocycles. The van der Waals surface area contributed by atoms with Crippen molar-refractivity contribution in [2.24, 2.45) is 0 Å². The highest BCUT2D eigenvalue weighted by Crippen LogP contribution is 2.33. The van der Waals surface area contributed by atoms with Gasteiger partial charge in [0.2, 0.25) is 0 Å². The van der Waals surface area contributed by atoms with Crippen molar-refractivity contribution in [3.05, 3.63) is 53.1 Å². The number of ether oxygens (including phenoxy) is 1. The number of halogens is 1. The highest BCUT2D eigenvalue weighted by atomic mass is 35.5. The molecule has 4 rings (SSSR count). The average Bonchev–Trinajstić information content (AvgIpc) is 3.40. The van der Waals surface area contributed by atoms with Gasteiger partial charge < -0.3 is 4.74 Å². The van der Waals surface area contributed by atoms with Crippen molar-refractivity contribution in [3.8, 4) is 0 Å². The number of fused-ring (bicyclic) bond motifs is 1. The summed E-state index contributed by atoms with van der Waals surface area (Å²) in [5.41, 5.74) is 0.883. The van der Waals surface area contributed by atoms with Crippen molar-refractivity contribution in [1.82, 2.24) is 4.98 Å². The van der Waals surface area contributed by atoms with E-state index in [0.717, 1.165) is 23.1 Å². The van der Waals surface area contributed by atoms with Gasteiger partial charge in [0, 0.05) is 11.6 Å². The summed E-state index contributed by atoms with van der Waals surface area (Å²) < 4.78 is 31.8. The van der Waals surface area contributed by atoms with Gasteiger partial charge in [0.05, 0.1) is 39.1 Å². The third kappa shape index (κ3) is 4.23. The van der Waals surface area contributed by atoms with Gasteiger partial charge in [0.1, 0.15) is 0 Å². The number of benzene rings is 2. The Balaban J connectivity index is 1.79. The second-order valence-electron chi connectivity index (χ2n) is 7.06. The van der Waals surface area contributed by atoms with Crippen molar-refractivity contribution in [2.45, 2.75) is 30.8 Å². The van der Waals surface area contributed by atoms with Gasteiger partial charge in [0.25, 0.3) is 5.91 Å². The number of hydrogen-bond acceptors (Lipinski definition) is 6. The van der Waals surface area contributed by atoms with E-state index in [1.54, 1.807) is 36.1 Å². The van der Waals surface area contributed by atoms with Crippen molar-refractivity contribution >= 4 is 54.0 Å². The fraction of sp³-hybridized carbons (Fsp3) is 0.333. The maximum atomic E-state index is 13.6. The number of anilines is 1. The Bertz CT molecular complexity index is 1190. The number of hydrogen-bond donors (Lipinski definition) is 0. The van der Waals surface area contributed by atoms with Gasteiger partial charge in [-0.15, -0.1) is 0 Å². The summed E-state index contributed by atoms with van der Waals surface area (Å²) in [5.74, 6) is -0.480. The van der Waals surface area contributed by atoms with Crippen LogP contribution in [0, 0.1) is 0 Å². The zero-order valence-corrected chi connectivity index (χ0v) is 18.8. The third-order valence-corrected chi connectivity index (χ3v) is 8.12. The number of rotatable bonds is 6. The minimum absolute atomic E-state index is 0.0407. The van der Waals surface area contributed by atoms with E-state index in [4.69, 9.17) is 16.3 Å². The lowest BCUT2D eigenvalue weighted by Crippen LogP contribution is -2.38. The van der Waals surface area contributed by atoms with Crippen LogP contribution >= 0.6 is 22.9 Å². The molecule has 1 aliphatic heterocycles. The number of thiazole rings is 1. The average molecular weight is 465 g/mol. The maximum absolute atomic E-state index is 13.6. The van der Waals surface area contributed by atoms with Crippen LogP contribution in [-0.2, 0) is 14.6 Å². The summed E-state index contributed by atoms with van der Waals surface area (Å²) in [4.78, 5) is 19.8. The fourth-order valence-electron chi connectivity index (χ4n) is 3.46. The second-order valence-corrected chi connectivity index (χ2v) is 10.8. The van der Waals surface area contributed by atoms with E-state index in [-0.39, 0.29) is 22.3 Å². The molecule has 1 saturated heterocycles. The summed E-state index contributed by atoms with van der Waals surface area (Å²) >= 11 is 7.45. The van der Waals surface area contributed by atoms with E-state index in [1.165, 1.54) is 17.4 Å². The number of amides is 1. The molecule has 0 radical (unpaired) electrons. The first kappa shape index (κ1) is 21.2. The molecule has 0 spiro atoms. The summed E-state index contributed by atoms with van der Waals surface area (Å²) in [6.45, 7) is 2.54. The van der Waals surface area contributed by atoms with Crippen molar-refractivity contribution in [2.75, 3.05) is 23.8 Å². The molecule has 1 aliphatic rings. The SMILES string of the molecule is CCS(=O)(=O)c1ccccc1C(=O)N(CC1CCCO1)c1nc2ccc(Cl)cc2s1. The van der Waals surface area contributed by atoms with Gasteiger partial charge in [-0.05, 0) is 43.2 Å². The first-order valence-electron chi connectivity index (χ1n) is 9.70. The van der Waals surface area contributed by atoms with Gasteiger partial charge in [-0.1, -0.05) is 42.0 Å². The molecular weight excluding hydrogens is 444 g/mol. The Hall–Kier alpha value is -2.00. The number of carbonyl (C=O) groups excluding carboxylic acids is 1. The molecule has 3 aromatic rings. The third-order valence-electron chi connectivity index (χ3n) is 5.06. The van der Waals surface area contributed by atoms with E-state index in [0.29, 0.717) is 23.3 Å². The van der Waals surface area contributed by atoms with Crippen LogP contribution in [0.25, 0.3) is 10.2 Å². The maximum Gasteiger partial charge on any atom is 0.261 e. The van der Waals surface area contributed by atoms with Crippen LogP contribution in [0.15, 0.2) is 47.4 Å². The van der Waals surface area contributed by atoms with E-state index in [1.807, 2.05) is 12.1 Å². The predicted octanol–water partition coefficient (Wildman–Crippen LogP) is 4.57. The smallest absolute Gasteiger partial charge is 0.261 e. The molecule has 0 bridgehead atoms. The zero-order valence-electron chi connectivity index (χ0n) is 16.4. The molecule has 0 N–H and O–H groups in total. The highest BCUT2D eigenvalue weighted by molar-refractivity contribution is 7.91. The Kier molecular flexibility index (Phi) is 6.11. The summed E-state index contributed by atoms with van der Waals surface area (Å²) in [5, 5.41) is 1.09. The Labute approximate surface area is 184 Å². The van der Waals surface area contributed by atoms with E-state index < -0.39 is 15.7 Å². The standard InChI is InChI=1S/C21H21ClN2O4S2/c1-2-30(26,27)19-8-4-3-7-16(19)20(25)24(13-15-6-5-11-28-15)21-23-17-10-9-14(22)12-18(17)29-21/h3-4,7-10,12,15H,2,5-6,11,13H2,1H3. The topological polar surface area (TPSA) is 76.6 Å². The van der Waals surface area contributed by atoms with Crippen LogP contribution in [0.4, 0.5) is 5.13 Å². The molecular formula is C21H21ClN2O4S2. The molecule has 1 atom stereocenters. The number of sulfone groups is 1. The van der Waals surface area contributed by atoms with Crippen LogP contribution in [0.2, 0.25) is 5.02 Å². The van der Waals surface area contributed by atoms with Gasteiger partial charge in [-0.2, -0.15) is 0 Å². The summed E-state index contributed by atoms with van der Waals surface area (Å²) in [6.07, 6.45) is 1.66. The molecule has 0 saturated carbocycles. The molecule has 30 heavy (non-hydrogen) atoms. The van der Waals surface area contributed by atoms with Gasteiger partial charge >= 0.3 is 0 Å². The lowest BCUT2D eigenvalue weighted by Gasteiger charge is -2.24. The highest BCUT2D eigenvalue weighted by Gasteiger charge is 2.30. The Morgan fingerprint density at radius 1 is 1.30 bits per heavy atom. The van der Waals surface area contributed by atoms with Crippen molar-refractivity contribution in [3.63, 3.8) is 0 Å². The van der Waals surface area contributed by atoms with E-state index >= 15 is 0 Å². The number of aromatic nitrogens is 1. The minimum atomic E-state index is -3.56. The molecule has 6 nitrogen and oxygen atoms in total. The molecule has 1 amide bonds. The Morgan fingerprint density at radius 3 is 2.83 bits per heavy atom. The first-order valence-corrected chi connectivity index (χ1v) is 12.5. The number of carbonyl (C=O) groups is 1. The minimum Gasteiger partial charge on any atom is -0.376 e. The monoisotopic (exact) mass is 464 g/mol. The normalized spacial score (nSPS) is 16.8. The van der Waals surface area contributed by atoms with E-state index in [2.05, 4.69) is 4.98 Å².